The average molecular weight is 504 g/mol. The summed E-state index contributed by atoms with van der Waals surface area (Å²) >= 11 is 0. The van der Waals surface area contributed by atoms with Crippen molar-refractivity contribution >= 4 is 11.6 Å². The number of unbranched alkanes of at least 4 members (excludes halogenated alkanes) is 3. The standard InChI is InChI=1S/C31H41N3O3/c1-6-7-8-9-11-24(25-12-10-13-28-30(25)37-21-36-28)19-29(35)33-27-18-23(14-15-26(27)31(3,4)5)20-34-17-16-32-22(34)2/h10,12-18,24H,6-9,11,19-21H2,1-5H3,(H,33,35). The van der Waals surface area contributed by atoms with Crippen molar-refractivity contribution in [3.8, 4) is 11.5 Å². The van der Waals surface area contributed by atoms with Crippen LogP contribution in [0.25, 0.3) is 0 Å². The number of carbonyl (C=O) groups excluding carboxylic acids is 1. The Morgan fingerprint density at radius 1 is 1.14 bits per heavy atom. The van der Waals surface area contributed by atoms with Crippen LogP contribution in [0.2, 0.25) is 0 Å². The van der Waals surface area contributed by atoms with Crippen molar-refractivity contribution in [1.29, 1.82) is 0 Å². The number of amides is 1. The van der Waals surface area contributed by atoms with Gasteiger partial charge in [-0.05, 0) is 47.9 Å². The number of imidazole rings is 1. The highest BCUT2D eigenvalue weighted by Crippen LogP contribution is 2.42. The molecule has 0 fully saturated rings. The Balaban J connectivity index is 1.56. The van der Waals surface area contributed by atoms with Crippen molar-refractivity contribution in [2.75, 3.05) is 12.1 Å². The number of nitrogens with zero attached hydrogens (tertiary/aromatic N) is 2. The zero-order valence-corrected chi connectivity index (χ0v) is 23.0. The van der Waals surface area contributed by atoms with Crippen LogP contribution >= 0.6 is 0 Å². The molecule has 1 atom stereocenters. The SMILES string of the molecule is CCCCCCC(CC(=O)Nc1cc(Cn2ccnc2C)ccc1C(C)(C)C)c1cccc2c1OCO2. The fraction of sp³-hybridized carbons (Fsp3) is 0.484. The van der Waals surface area contributed by atoms with E-state index in [0.717, 1.165) is 52.5 Å². The van der Waals surface area contributed by atoms with E-state index in [0.29, 0.717) is 13.0 Å². The normalized spacial score (nSPS) is 13.5. The molecule has 198 valence electrons. The van der Waals surface area contributed by atoms with E-state index in [4.69, 9.17) is 9.47 Å². The molecule has 4 rings (SSSR count). The molecule has 0 saturated heterocycles. The predicted octanol–water partition coefficient (Wildman–Crippen LogP) is 7.35. The molecule has 0 spiro atoms. The summed E-state index contributed by atoms with van der Waals surface area (Å²) < 4.78 is 13.6. The number of aryl methyl sites for hydroxylation is 1. The van der Waals surface area contributed by atoms with Crippen LogP contribution in [0.4, 0.5) is 5.69 Å². The van der Waals surface area contributed by atoms with Gasteiger partial charge in [-0.1, -0.05) is 77.6 Å². The monoisotopic (exact) mass is 503 g/mol. The summed E-state index contributed by atoms with van der Waals surface area (Å²) in [6, 6.07) is 12.4. The highest BCUT2D eigenvalue weighted by molar-refractivity contribution is 5.92. The number of nitrogens with one attached hydrogen (secondary N) is 1. The molecule has 3 aromatic rings. The number of benzene rings is 2. The van der Waals surface area contributed by atoms with Gasteiger partial charge in [-0.15, -0.1) is 0 Å². The molecular formula is C31H41N3O3. The van der Waals surface area contributed by atoms with Crippen LogP contribution in [0.15, 0.2) is 48.8 Å². The Morgan fingerprint density at radius 2 is 1.97 bits per heavy atom. The zero-order chi connectivity index (χ0) is 26.4. The Bertz CT molecular complexity index is 1210. The number of anilines is 1. The Labute approximate surface area is 221 Å². The maximum Gasteiger partial charge on any atom is 0.231 e. The molecule has 1 aliphatic heterocycles. The number of hydrogen-bond donors (Lipinski definition) is 1. The molecule has 2 heterocycles. The lowest BCUT2D eigenvalue weighted by Crippen LogP contribution is -2.21. The highest BCUT2D eigenvalue weighted by atomic mass is 16.7. The van der Waals surface area contributed by atoms with Gasteiger partial charge in [0.15, 0.2) is 11.5 Å². The molecule has 0 aliphatic carbocycles. The number of ether oxygens (including phenoxy) is 2. The van der Waals surface area contributed by atoms with Crippen LogP contribution in [0.1, 0.15) is 94.7 Å². The number of hydrogen-bond acceptors (Lipinski definition) is 4. The van der Waals surface area contributed by atoms with Crippen molar-refractivity contribution in [3.05, 3.63) is 71.3 Å². The first-order valence-corrected chi connectivity index (χ1v) is 13.6. The smallest absolute Gasteiger partial charge is 0.231 e. The molecular weight excluding hydrogens is 462 g/mol. The zero-order valence-electron chi connectivity index (χ0n) is 23.0. The van der Waals surface area contributed by atoms with Gasteiger partial charge in [0.2, 0.25) is 12.7 Å². The van der Waals surface area contributed by atoms with E-state index in [1.807, 2.05) is 31.5 Å². The summed E-state index contributed by atoms with van der Waals surface area (Å²) in [6.45, 7) is 11.7. The molecule has 0 radical (unpaired) electrons. The lowest BCUT2D eigenvalue weighted by atomic mass is 9.84. The van der Waals surface area contributed by atoms with Gasteiger partial charge in [0.05, 0.1) is 0 Å². The first-order valence-electron chi connectivity index (χ1n) is 13.6. The van der Waals surface area contributed by atoms with Gasteiger partial charge in [-0.3, -0.25) is 4.79 Å². The van der Waals surface area contributed by atoms with E-state index < -0.39 is 0 Å². The number of rotatable bonds is 11. The number of fused-ring (bicyclic) bond motifs is 1. The van der Waals surface area contributed by atoms with Crippen LogP contribution in [0.5, 0.6) is 11.5 Å². The Hall–Kier alpha value is -3.28. The summed E-state index contributed by atoms with van der Waals surface area (Å²) in [5.41, 5.74) is 4.12. The molecule has 37 heavy (non-hydrogen) atoms. The van der Waals surface area contributed by atoms with Gasteiger partial charge in [-0.25, -0.2) is 4.98 Å². The van der Waals surface area contributed by atoms with Crippen LogP contribution in [0, 0.1) is 6.92 Å². The first-order chi connectivity index (χ1) is 17.8. The highest BCUT2D eigenvalue weighted by Gasteiger charge is 2.26. The van der Waals surface area contributed by atoms with Crippen molar-refractivity contribution in [1.82, 2.24) is 9.55 Å². The van der Waals surface area contributed by atoms with Gasteiger partial charge in [0.1, 0.15) is 5.82 Å². The minimum Gasteiger partial charge on any atom is -0.454 e. The third-order valence-corrected chi connectivity index (χ3v) is 7.15. The second-order valence-electron chi connectivity index (χ2n) is 11.1. The summed E-state index contributed by atoms with van der Waals surface area (Å²) in [6.07, 6.45) is 9.81. The molecule has 0 saturated carbocycles. The van der Waals surface area contributed by atoms with Gasteiger partial charge in [0, 0.05) is 36.6 Å². The lowest BCUT2D eigenvalue weighted by Gasteiger charge is -2.25. The fourth-order valence-corrected chi connectivity index (χ4v) is 5.10. The van der Waals surface area contributed by atoms with Gasteiger partial charge < -0.3 is 19.4 Å². The van der Waals surface area contributed by atoms with E-state index in [1.54, 1.807) is 0 Å². The molecule has 6 heteroatoms. The molecule has 0 bridgehead atoms. The summed E-state index contributed by atoms with van der Waals surface area (Å²) in [5, 5.41) is 3.29. The third kappa shape index (κ3) is 6.73. The molecule has 1 aliphatic rings. The van der Waals surface area contributed by atoms with Crippen molar-refractivity contribution in [2.24, 2.45) is 0 Å². The summed E-state index contributed by atoms with van der Waals surface area (Å²) in [5.74, 6) is 2.64. The summed E-state index contributed by atoms with van der Waals surface area (Å²) in [7, 11) is 0. The average Bonchev–Trinajstić information content (AvgIpc) is 3.49. The molecule has 1 N–H and O–H groups in total. The lowest BCUT2D eigenvalue weighted by molar-refractivity contribution is -0.116. The Morgan fingerprint density at radius 3 is 2.70 bits per heavy atom. The van der Waals surface area contributed by atoms with Crippen LogP contribution in [0.3, 0.4) is 0 Å². The topological polar surface area (TPSA) is 65.4 Å². The molecule has 1 amide bonds. The van der Waals surface area contributed by atoms with Crippen LogP contribution in [-0.4, -0.2) is 22.3 Å². The molecule has 2 aromatic carbocycles. The van der Waals surface area contributed by atoms with Crippen molar-refractivity contribution in [2.45, 2.75) is 91.0 Å². The number of para-hydroxylation sites is 1. The maximum absolute atomic E-state index is 13.5. The first kappa shape index (κ1) is 26.8. The van der Waals surface area contributed by atoms with E-state index in [1.165, 1.54) is 19.3 Å². The quantitative estimate of drug-likeness (QED) is 0.278. The largest absolute Gasteiger partial charge is 0.454 e. The third-order valence-electron chi connectivity index (χ3n) is 7.15. The summed E-state index contributed by atoms with van der Waals surface area (Å²) in [4.78, 5) is 17.9. The fourth-order valence-electron chi connectivity index (χ4n) is 5.10. The van der Waals surface area contributed by atoms with Crippen molar-refractivity contribution in [3.63, 3.8) is 0 Å². The van der Waals surface area contributed by atoms with E-state index in [-0.39, 0.29) is 24.0 Å². The second-order valence-corrected chi connectivity index (χ2v) is 11.1. The molecule has 1 aromatic heterocycles. The van der Waals surface area contributed by atoms with E-state index >= 15 is 0 Å². The molecule has 6 nitrogen and oxygen atoms in total. The minimum absolute atomic E-state index is 0.0264. The van der Waals surface area contributed by atoms with E-state index in [2.05, 4.69) is 66.8 Å². The van der Waals surface area contributed by atoms with Gasteiger partial charge >= 0.3 is 0 Å². The number of aromatic nitrogens is 2. The second kappa shape index (κ2) is 11.8. The van der Waals surface area contributed by atoms with E-state index in [9.17, 15) is 4.79 Å². The predicted molar refractivity (Wildman–Crippen MR) is 149 cm³/mol. The maximum atomic E-state index is 13.5. The Kier molecular flexibility index (Phi) is 8.57. The van der Waals surface area contributed by atoms with Crippen LogP contribution in [-0.2, 0) is 16.8 Å². The molecule has 1 unspecified atom stereocenters. The number of carbonyl (C=O) groups is 1. The van der Waals surface area contributed by atoms with Gasteiger partial charge in [-0.2, -0.15) is 0 Å². The van der Waals surface area contributed by atoms with Crippen LogP contribution < -0.4 is 14.8 Å². The van der Waals surface area contributed by atoms with Gasteiger partial charge in [0.25, 0.3) is 0 Å². The minimum atomic E-state index is -0.100. The van der Waals surface area contributed by atoms with Crippen molar-refractivity contribution < 1.29 is 14.3 Å².